The normalized spacial score (nSPS) is 26.4. The van der Waals surface area contributed by atoms with Gasteiger partial charge in [0, 0.05) is 6.42 Å². The first-order valence-electron chi connectivity index (χ1n) is 7.46. The van der Waals surface area contributed by atoms with E-state index in [4.69, 9.17) is 0 Å². The monoisotopic (exact) mass is 284 g/mol. The number of halogens is 2. The lowest BCUT2D eigenvalue weighted by Crippen LogP contribution is -2.16. The average molecular weight is 284 g/mol. The van der Waals surface area contributed by atoms with E-state index < -0.39 is 12.3 Å². The van der Waals surface area contributed by atoms with Crippen LogP contribution >= 0.6 is 0 Å². The first-order chi connectivity index (χ1) is 8.18. The Hall–Kier alpha value is -0.220. The zero-order valence-electron chi connectivity index (χ0n) is 12.9. The molecule has 0 aromatic rings. The van der Waals surface area contributed by atoms with Gasteiger partial charge in [-0.05, 0) is 25.2 Å². The molecule has 120 valence electrons. The van der Waals surface area contributed by atoms with Crippen molar-refractivity contribution in [3.8, 4) is 0 Å². The summed E-state index contributed by atoms with van der Waals surface area (Å²) in [5.41, 5.74) is 0. The van der Waals surface area contributed by atoms with Gasteiger partial charge < -0.3 is 11.0 Å². The largest absolute Gasteiger partial charge is 0.412 e. The van der Waals surface area contributed by atoms with Crippen LogP contribution in [0.1, 0.15) is 78.6 Å². The molecule has 0 aliphatic heterocycles. The van der Waals surface area contributed by atoms with E-state index in [1.165, 1.54) is 32.1 Å². The van der Waals surface area contributed by atoms with Gasteiger partial charge in [-0.3, -0.25) is 0 Å². The smallest absolute Gasteiger partial charge is 0.103 e. The van der Waals surface area contributed by atoms with Crippen LogP contribution in [0, 0.1) is 5.92 Å². The van der Waals surface area contributed by atoms with Crippen LogP contribution in [0.4, 0.5) is 8.78 Å². The predicted octanol–water partition coefficient (Wildman–Crippen LogP) is 4.20. The van der Waals surface area contributed by atoms with Crippen LogP contribution in [-0.4, -0.2) is 23.3 Å². The maximum Gasteiger partial charge on any atom is 0.103 e. The molecule has 0 aromatic heterocycles. The third kappa shape index (κ3) is 14.0. The van der Waals surface area contributed by atoms with E-state index in [1.54, 1.807) is 0 Å². The second-order valence-corrected chi connectivity index (χ2v) is 5.10. The van der Waals surface area contributed by atoms with E-state index in [0.29, 0.717) is 12.8 Å². The van der Waals surface area contributed by atoms with Gasteiger partial charge in [-0.1, -0.05) is 52.9 Å². The maximum atomic E-state index is 12.2. The highest BCUT2D eigenvalue weighted by atomic mass is 19.1. The zero-order valence-corrected chi connectivity index (χ0v) is 12.9. The fourth-order valence-electron chi connectivity index (χ4n) is 2.38. The lowest BCUT2D eigenvalue weighted by Gasteiger charge is -2.17. The second-order valence-electron chi connectivity index (χ2n) is 5.10. The lowest BCUT2D eigenvalue weighted by molar-refractivity contribution is 0.159. The highest BCUT2D eigenvalue weighted by Gasteiger charge is 2.19. The standard InChI is InChI=1S/C7H14.C6H10F2.C2H6.2H2O/c1-7-5-3-2-4-6-7;7-5-2-1-3-6(8)4-5;1-2;;/h7H,2-6H2,1H3;5-6H,1-4H2;1-2H3;2*1H2. The van der Waals surface area contributed by atoms with Crippen molar-refractivity contribution >= 4 is 0 Å². The topological polar surface area (TPSA) is 63.0 Å². The zero-order chi connectivity index (χ0) is 13.1. The van der Waals surface area contributed by atoms with Gasteiger partial charge in [0.25, 0.3) is 0 Å². The van der Waals surface area contributed by atoms with Gasteiger partial charge in [-0.2, -0.15) is 0 Å². The Morgan fingerprint density at radius 1 is 0.684 bits per heavy atom. The summed E-state index contributed by atoms with van der Waals surface area (Å²) >= 11 is 0. The molecule has 2 unspecified atom stereocenters. The Labute approximate surface area is 117 Å². The number of alkyl halides is 2. The van der Waals surface area contributed by atoms with Crippen LogP contribution in [-0.2, 0) is 0 Å². The lowest BCUT2D eigenvalue weighted by atomic mass is 9.91. The minimum atomic E-state index is -0.862. The fourth-order valence-corrected chi connectivity index (χ4v) is 2.38. The number of hydrogen-bond acceptors (Lipinski definition) is 0. The van der Waals surface area contributed by atoms with Crippen LogP contribution in [0.25, 0.3) is 0 Å². The van der Waals surface area contributed by atoms with Gasteiger partial charge in [0.15, 0.2) is 0 Å². The third-order valence-corrected chi connectivity index (χ3v) is 3.44. The summed E-state index contributed by atoms with van der Waals surface area (Å²) in [4.78, 5) is 0. The molecule has 19 heavy (non-hydrogen) atoms. The summed E-state index contributed by atoms with van der Waals surface area (Å²) < 4.78 is 24.4. The van der Waals surface area contributed by atoms with Gasteiger partial charge in [-0.15, -0.1) is 0 Å². The van der Waals surface area contributed by atoms with Crippen LogP contribution < -0.4 is 0 Å². The van der Waals surface area contributed by atoms with Crippen molar-refractivity contribution < 1.29 is 19.7 Å². The Morgan fingerprint density at radius 3 is 1.32 bits per heavy atom. The van der Waals surface area contributed by atoms with Crippen molar-refractivity contribution in [1.29, 1.82) is 0 Å². The van der Waals surface area contributed by atoms with Crippen molar-refractivity contribution in [2.24, 2.45) is 5.92 Å². The summed E-state index contributed by atoms with van der Waals surface area (Å²) in [6, 6.07) is 0. The minimum absolute atomic E-state index is 0. The summed E-state index contributed by atoms with van der Waals surface area (Å²) in [6.07, 6.45) is 7.72. The minimum Gasteiger partial charge on any atom is -0.412 e. The SMILES string of the molecule is CC.CC1CCCCC1.FC1CCCC(F)C1.O.O. The van der Waals surface area contributed by atoms with Crippen LogP contribution in [0.5, 0.6) is 0 Å². The molecule has 0 aromatic carbocycles. The molecule has 4 N–H and O–H groups in total. The van der Waals surface area contributed by atoms with Crippen molar-refractivity contribution in [2.45, 2.75) is 90.9 Å². The van der Waals surface area contributed by atoms with Crippen LogP contribution in [0.15, 0.2) is 0 Å². The van der Waals surface area contributed by atoms with Crippen LogP contribution in [0.3, 0.4) is 0 Å². The van der Waals surface area contributed by atoms with E-state index in [0.717, 1.165) is 12.3 Å². The van der Waals surface area contributed by atoms with Gasteiger partial charge >= 0.3 is 0 Å². The molecule has 0 amide bonds. The Kier molecular flexibility index (Phi) is 19.9. The first kappa shape index (κ1) is 23.8. The highest BCUT2D eigenvalue weighted by molar-refractivity contribution is 4.70. The quantitative estimate of drug-likeness (QED) is 0.640. The summed E-state index contributed by atoms with van der Waals surface area (Å²) in [6.45, 7) is 6.36. The average Bonchev–Trinajstić information content (AvgIpc) is 2.33. The Balaban J connectivity index is -0.000000219. The fraction of sp³-hybridized carbons (Fsp3) is 1.00. The molecule has 0 saturated heterocycles. The summed E-state index contributed by atoms with van der Waals surface area (Å²) in [7, 11) is 0. The molecular weight excluding hydrogens is 250 g/mol. The van der Waals surface area contributed by atoms with Gasteiger partial charge in [0.2, 0.25) is 0 Å². The summed E-state index contributed by atoms with van der Waals surface area (Å²) in [5.74, 6) is 1.04. The molecule has 0 spiro atoms. The number of rotatable bonds is 0. The Morgan fingerprint density at radius 2 is 1.11 bits per heavy atom. The Bertz CT molecular complexity index is 154. The molecule has 2 nitrogen and oxygen atoms in total. The molecule has 0 heterocycles. The van der Waals surface area contributed by atoms with Gasteiger partial charge in [0.05, 0.1) is 0 Å². The van der Waals surface area contributed by atoms with E-state index in [2.05, 4.69) is 6.92 Å². The van der Waals surface area contributed by atoms with Crippen molar-refractivity contribution in [2.75, 3.05) is 0 Å². The van der Waals surface area contributed by atoms with Crippen LogP contribution in [0.2, 0.25) is 0 Å². The van der Waals surface area contributed by atoms with Gasteiger partial charge in [-0.25, -0.2) is 8.78 Å². The molecule has 2 aliphatic rings. The molecule has 2 atom stereocenters. The molecule has 0 radical (unpaired) electrons. The molecular formula is C15H34F2O2. The van der Waals surface area contributed by atoms with E-state index in [9.17, 15) is 8.78 Å². The van der Waals surface area contributed by atoms with E-state index >= 15 is 0 Å². The molecule has 2 fully saturated rings. The third-order valence-electron chi connectivity index (χ3n) is 3.44. The van der Waals surface area contributed by atoms with E-state index in [-0.39, 0.29) is 17.4 Å². The summed E-state index contributed by atoms with van der Waals surface area (Å²) in [5, 5.41) is 0. The van der Waals surface area contributed by atoms with Gasteiger partial charge in [0.1, 0.15) is 12.3 Å². The second kappa shape index (κ2) is 15.8. The maximum absolute atomic E-state index is 12.2. The van der Waals surface area contributed by atoms with Crippen molar-refractivity contribution in [3.05, 3.63) is 0 Å². The molecule has 4 heteroatoms. The molecule has 0 bridgehead atoms. The van der Waals surface area contributed by atoms with Crippen molar-refractivity contribution in [3.63, 3.8) is 0 Å². The molecule has 2 aliphatic carbocycles. The predicted molar refractivity (Wildman–Crippen MR) is 79.1 cm³/mol. The first-order valence-corrected chi connectivity index (χ1v) is 7.46. The molecule has 2 saturated carbocycles. The molecule has 2 rings (SSSR count). The van der Waals surface area contributed by atoms with Crippen molar-refractivity contribution in [1.82, 2.24) is 0 Å². The van der Waals surface area contributed by atoms with E-state index in [1.807, 2.05) is 13.8 Å². The number of hydrogen-bond donors (Lipinski definition) is 0. The highest BCUT2D eigenvalue weighted by Crippen LogP contribution is 2.23.